The zero-order chi connectivity index (χ0) is 14.1. The predicted molar refractivity (Wildman–Crippen MR) is 74.9 cm³/mol. The number of hydrogen-bond donors (Lipinski definition) is 0. The molecule has 1 rings (SSSR count). The average Bonchev–Trinajstić information content (AvgIpc) is 2.43. The SMILES string of the molecule is COCCN(CCOC)C(C#N)c1ccc(C)cc1. The highest BCUT2D eigenvalue weighted by Gasteiger charge is 2.19. The van der Waals surface area contributed by atoms with Gasteiger partial charge in [0.15, 0.2) is 0 Å². The molecule has 4 nitrogen and oxygen atoms in total. The summed E-state index contributed by atoms with van der Waals surface area (Å²) in [6.07, 6.45) is 0. The number of ether oxygens (including phenoxy) is 2. The molecule has 0 aliphatic heterocycles. The van der Waals surface area contributed by atoms with Crippen molar-refractivity contribution in [3.63, 3.8) is 0 Å². The largest absolute Gasteiger partial charge is 0.383 e. The molecule has 0 aliphatic rings. The van der Waals surface area contributed by atoms with Gasteiger partial charge in [-0.15, -0.1) is 0 Å². The Balaban J connectivity index is 2.82. The summed E-state index contributed by atoms with van der Waals surface area (Å²) in [5.41, 5.74) is 2.21. The fourth-order valence-electron chi connectivity index (χ4n) is 1.90. The summed E-state index contributed by atoms with van der Waals surface area (Å²) in [7, 11) is 3.34. The first kappa shape index (κ1) is 15.6. The smallest absolute Gasteiger partial charge is 0.124 e. The fourth-order valence-corrected chi connectivity index (χ4v) is 1.90. The van der Waals surface area contributed by atoms with Crippen molar-refractivity contribution in [1.82, 2.24) is 4.90 Å². The molecule has 1 atom stereocenters. The molecule has 0 heterocycles. The van der Waals surface area contributed by atoms with Crippen LogP contribution in [0.1, 0.15) is 17.2 Å². The van der Waals surface area contributed by atoms with E-state index in [0.29, 0.717) is 26.3 Å². The second-order valence-electron chi connectivity index (χ2n) is 4.46. The summed E-state index contributed by atoms with van der Waals surface area (Å²) >= 11 is 0. The maximum Gasteiger partial charge on any atom is 0.124 e. The van der Waals surface area contributed by atoms with Gasteiger partial charge in [0.05, 0.1) is 19.3 Å². The van der Waals surface area contributed by atoms with Crippen LogP contribution in [-0.4, -0.2) is 45.4 Å². The van der Waals surface area contributed by atoms with E-state index in [9.17, 15) is 5.26 Å². The van der Waals surface area contributed by atoms with Crippen LogP contribution < -0.4 is 0 Å². The third kappa shape index (κ3) is 4.99. The molecule has 104 valence electrons. The van der Waals surface area contributed by atoms with Crippen molar-refractivity contribution in [1.29, 1.82) is 5.26 Å². The normalized spacial score (nSPS) is 12.4. The Morgan fingerprint density at radius 2 is 1.63 bits per heavy atom. The quantitative estimate of drug-likeness (QED) is 0.720. The molecule has 0 N–H and O–H groups in total. The van der Waals surface area contributed by atoms with Crippen LogP contribution in [0.5, 0.6) is 0 Å². The summed E-state index contributed by atoms with van der Waals surface area (Å²) in [6.45, 7) is 4.68. The van der Waals surface area contributed by atoms with Gasteiger partial charge in [0.1, 0.15) is 6.04 Å². The number of aryl methyl sites for hydroxylation is 1. The van der Waals surface area contributed by atoms with Crippen LogP contribution in [0.15, 0.2) is 24.3 Å². The minimum Gasteiger partial charge on any atom is -0.383 e. The van der Waals surface area contributed by atoms with Gasteiger partial charge in [-0.1, -0.05) is 29.8 Å². The lowest BCUT2D eigenvalue weighted by molar-refractivity contribution is 0.101. The standard InChI is InChI=1S/C15H22N2O2/c1-13-4-6-14(7-5-13)15(12-16)17(8-10-18-2)9-11-19-3/h4-7,15H,8-11H2,1-3H3. The van der Waals surface area contributed by atoms with E-state index in [1.54, 1.807) is 14.2 Å². The first-order chi connectivity index (χ1) is 9.22. The van der Waals surface area contributed by atoms with E-state index in [1.807, 2.05) is 31.2 Å². The van der Waals surface area contributed by atoms with E-state index < -0.39 is 0 Å². The van der Waals surface area contributed by atoms with Gasteiger partial charge < -0.3 is 9.47 Å². The molecule has 0 aliphatic carbocycles. The van der Waals surface area contributed by atoms with Gasteiger partial charge in [0, 0.05) is 27.3 Å². The molecule has 4 heteroatoms. The Bertz CT molecular complexity index is 390. The van der Waals surface area contributed by atoms with Gasteiger partial charge in [-0.2, -0.15) is 5.26 Å². The maximum atomic E-state index is 9.44. The molecular weight excluding hydrogens is 240 g/mol. The highest BCUT2D eigenvalue weighted by Crippen LogP contribution is 2.20. The minimum atomic E-state index is -0.258. The maximum absolute atomic E-state index is 9.44. The van der Waals surface area contributed by atoms with Crippen LogP contribution in [0.3, 0.4) is 0 Å². The lowest BCUT2D eigenvalue weighted by atomic mass is 10.0. The Hall–Kier alpha value is -1.41. The van der Waals surface area contributed by atoms with Crippen molar-refractivity contribution in [2.75, 3.05) is 40.5 Å². The molecule has 0 radical (unpaired) electrons. The summed E-state index contributed by atoms with van der Waals surface area (Å²) in [5, 5.41) is 9.44. The predicted octanol–water partition coefficient (Wildman–Crippen LogP) is 2.15. The molecule has 0 fully saturated rings. The second-order valence-corrected chi connectivity index (χ2v) is 4.46. The fraction of sp³-hybridized carbons (Fsp3) is 0.533. The summed E-state index contributed by atoms with van der Waals surface area (Å²) < 4.78 is 10.2. The summed E-state index contributed by atoms with van der Waals surface area (Å²) in [4.78, 5) is 2.08. The van der Waals surface area contributed by atoms with Crippen LogP contribution >= 0.6 is 0 Å². The monoisotopic (exact) mass is 262 g/mol. The van der Waals surface area contributed by atoms with Crippen LogP contribution in [0.25, 0.3) is 0 Å². The van der Waals surface area contributed by atoms with Gasteiger partial charge in [-0.05, 0) is 12.5 Å². The van der Waals surface area contributed by atoms with Crippen molar-refractivity contribution in [2.24, 2.45) is 0 Å². The molecule has 1 unspecified atom stereocenters. The number of nitrogens with zero attached hydrogens (tertiary/aromatic N) is 2. The molecular formula is C15H22N2O2. The first-order valence-electron chi connectivity index (χ1n) is 6.41. The minimum absolute atomic E-state index is 0.258. The van der Waals surface area contributed by atoms with Crippen molar-refractivity contribution >= 4 is 0 Å². The lowest BCUT2D eigenvalue weighted by Gasteiger charge is -2.26. The van der Waals surface area contributed by atoms with E-state index in [4.69, 9.17) is 9.47 Å². The molecule has 19 heavy (non-hydrogen) atoms. The zero-order valence-electron chi connectivity index (χ0n) is 11.9. The van der Waals surface area contributed by atoms with Crippen molar-refractivity contribution in [2.45, 2.75) is 13.0 Å². The summed E-state index contributed by atoms with van der Waals surface area (Å²) in [5.74, 6) is 0. The van der Waals surface area contributed by atoms with Crippen LogP contribution in [0.4, 0.5) is 0 Å². The zero-order valence-corrected chi connectivity index (χ0v) is 11.9. The molecule has 0 saturated carbocycles. The molecule has 1 aromatic carbocycles. The molecule has 0 bridgehead atoms. The lowest BCUT2D eigenvalue weighted by Crippen LogP contribution is -2.34. The van der Waals surface area contributed by atoms with Gasteiger partial charge >= 0.3 is 0 Å². The highest BCUT2D eigenvalue weighted by atomic mass is 16.5. The van der Waals surface area contributed by atoms with Gasteiger partial charge in [0.25, 0.3) is 0 Å². The van der Waals surface area contributed by atoms with E-state index in [1.165, 1.54) is 5.56 Å². The molecule has 0 amide bonds. The Morgan fingerprint density at radius 3 is 2.05 bits per heavy atom. The average molecular weight is 262 g/mol. The first-order valence-corrected chi connectivity index (χ1v) is 6.41. The molecule has 0 saturated heterocycles. The van der Waals surface area contributed by atoms with E-state index >= 15 is 0 Å². The van der Waals surface area contributed by atoms with Crippen LogP contribution in [0, 0.1) is 18.3 Å². The van der Waals surface area contributed by atoms with Gasteiger partial charge in [-0.25, -0.2) is 0 Å². The number of hydrogen-bond acceptors (Lipinski definition) is 4. The Morgan fingerprint density at radius 1 is 1.11 bits per heavy atom. The molecule has 1 aromatic rings. The van der Waals surface area contributed by atoms with Crippen molar-refractivity contribution in [3.8, 4) is 6.07 Å². The Labute approximate surface area is 115 Å². The number of rotatable bonds is 8. The topological polar surface area (TPSA) is 45.5 Å². The van der Waals surface area contributed by atoms with E-state index in [0.717, 1.165) is 5.56 Å². The van der Waals surface area contributed by atoms with E-state index in [2.05, 4.69) is 11.0 Å². The highest BCUT2D eigenvalue weighted by molar-refractivity contribution is 5.27. The number of methoxy groups -OCH3 is 2. The third-order valence-corrected chi connectivity index (χ3v) is 3.05. The number of benzene rings is 1. The molecule has 0 aromatic heterocycles. The number of nitriles is 1. The Kier molecular flexibility index (Phi) is 7.12. The molecule has 0 spiro atoms. The van der Waals surface area contributed by atoms with E-state index in [-0.39, 0.29) is 6.04 Å². The van der Waals surface area contributed by atoms with Crippen LogP contribution in [0.2, 0.25) is 0 Å². The van der Waals surface area contributed by atoms with Crippen molar-refractivity contribution < 1.29 is 9.47 Å². The summed E-state index contributed by atoms with van der Waals surface area (Å²) in [6, 6.07) is 10.2. The van der Waals surface area contributed by atoms with Gasteiger partial charge in [-0.3, -0.25) is 4.90 Å². The van der Waals surface area contributed by atoms with Crippen LogP contribution in [-0.2, 0) is 9.47 Å². The second kappa shape index (κ2) is 8.65. The third-order valence-electron chi connectivity index (χ3n) is 3.05. The van der Waals surface area contributed by atoms with Crippen molar-refractivity contribution in [3.05, 3.63) is 35.4 Å². The van der Waals surface area contributed by atoms with Gasteiger partial charge in [0.2, 0.25) is 0 Å².